The van der Waals surface area contributed by atoms with Crippen LogP contribution < -0.4 is 5.32 Å². The van der Waals surface area contributed by atoms with Gasteiger partial charge in [0, 0.05) is 11.3 Å². The number of thioether (sulfide) groups is 1. The molecular formula is C13H21N3S. The lowest BCUT2D eigenvalue weighted by molar-refractivity contribution is 0.472. The van der Waals surface area contributed by atoms with Crippen molar-refractivity contribution < 1.29 is 0 Å². The first-order valence-electron chi connectivity index (χ1n) is 6.28. The number of hydrogen-bond acceptors (Lipinski definition) is 4. The van der Waals surface area contributed by atoms with Crippen LogP contribution >= 0.6 is 11.8 Å². The molecule has 3 nitrogen and oxygen atoms in total. The maximum absolute atomic E-state index is 4.53. The summed E-state index contributed by atoms with van der Waals surface area (Å²) in [7, 11) is 0. The average Bonchev–Trinajstić information content (AvgIpc) is 2.35. The maximum atomic E-state index is 4.53. The first-order chi connectivity index (χ1) is 8.19. The van der Waals surface area contributed by atoms with Crippen LogP contribution in [0.5, 0.6) is 0 Å². The Labute approximate surface area is 108 Å². The van der Waals surface area contributed by atoms with Crippen molar-refractivity contribution in [1.82, 2.24) is 9.97 Å². The second-order valence-electron chi connectivity index (χ2n) is 4.78. The van der Waals surface area contributed by atoms with Crippen LogP contribution in [0.15, 0.2) is 6.20 Å². The van der Waals surface area contributed by atoms with Gasteiger partial charge in [0.2, 0.25) is 0 Å². The fraction of sp³-hybridized carbons (Fsp3) is 0.692. The highest BCUT2D eigenvalue weighted by Gasteiger charge is 2.20. The Kier molecular flexibility index (Phi) is 4.26. The van der Waals surface area contributed by atoms with E-state index in [4.69, 9.17) is 0 Å². The van der Waals surface area contributed by atoms with Crippen molar-refractivity contribution in [1.29, 1.82) is 0 Å². The first-order valence-corrected chi connectivity index (χ1v) is 7.57. The van der Waals surface area contributed by atoms with Crippen LogP contribution in [-0.4, -0.2) is 27.5 Å². The van der Waals surface area contributed by atoms with E-state index in [0.717, 1.165) is 22.5 Å². The van der Waals surface area contributed by atoms with Gasteiger partial charge in [0.1, 0.15) is 5.82 Å². The van der Waals surface area contributed by atoms with E-state index in [9.17, 15) is 0 Å². The molecule has 0 amide bonds. The monoisotopic (exact) mass is 251 g/mol. The quantitative estimate of drug-likeness (QED) is 0.895. The molecule has 0 bridgehead atoms. The molecule has 1 N–H and O–H groups in total. The Morgan fingerprint density at radius 1 is 1.18 bits per heavy atom. The van der Waals surface area contributed by atoms with Gasteiger partial charge in [-0.25, -0.2) is 4.98 Å². The predicted octanol–water partition coefficient (Wildman–Crippen LogP) is 3.18. The summed E-state index contributed by atoms with van der Waals surface area (Å²) in [5.74, 6) is 0.931. The van der Waals surface area contributed by atoms with Crippen molar-refractivity contribution in [3.8, 4) is 0 Å². The molecule has 0 unspecified atom stereocenters. The van der Waals surface area contributed by atoms with Gasteiger partial charge in [-0.15, -0.1) is 0 Å². The van der Waals surface area contributed by atoms with Crippen molar-refractivity contribution in [3.05, 3.63) is 17.6 Å². The van der Waals surface area contributed by atoms with Gasteiger partial charge < -0.3 is 5.32 Å². The number of nitrogens with one attached hydrogen (secondary N) is 1. The SMILES string of the molecule is CSC1CCC(Nc2cnc(C)c(C)n2)CC1. The summed E-state index contributed by atoms with van der Waals surface area (Å²) >= 11 is 2.00. The zero-order valence-electron chi connectivity index (χ0n) is 10.9. The van der Waals surface area contributed by atoms with Crippen molar-refractivity contribution in [2.75, 3.05) is 11.6 Å². The minimum absolute atomic E-state index is 0.579. The van der Waals surface area contributed by atoms with E-state index in [2.05, 4.69) is 21.5 Å². The molecule has 1 aromatic heterocycles. The normalized spacial score (nSPS) is 24.6. The number of rotatable bonds is 3. The summed E-state index contributed by atoms with van der Waals surface area (Å²) in [5.41, 5.74) is 2.04. The van der Waals surface area contributed by atoms with E-state index in [0.29, 0.717) is 6.04 Å². The van der Waals surface area contributed by atoms with Crippen LogP contribution in [0.3, 0.4) is 0 Å². The Bertz CT molecular complexity index is 373. The van der Waals surface area contributed by atoms with Crippen LogP contribution in [0, 0.1) is 13.8 Å². The van der Waals surface area contributed by atoms with E-state index in [1.54, 1.807) is 0 Å². The summed E-state index contributed by atoms with van der Waals surface area (Å²) in [4.78, 5) is 8.87. The van der Waals surface area contributed by atoms with Crippen molar-refractivity contribution in [2.45, 2.75) is 50.8 Å². The second-order valence-corrected chi connectivity index (χ2v) is 5.92. The minimum Gasteiger partial charge on any atom is -0.366 e. The number of anilines is 1. The molecule has 2 rings (SSSR count). The third-order valence-electron chi connectivity index (χ3n) is 3.55. The average molecular weight is 251 g/mol. The highest BCUT2D eigenvalue weighted by molar-refractivity contribution is 7.99. The fourth-order valence-corrected chi connectivity index (χ4v) is 3.01. The molecule has 0 atom stereocenters. The van der Waals surface area contributed by atoms with Gasteiger partial charge in [-0.05, 0) is 45.8 Å². The highest BCUT2D eigenvalue weighted by atomic mass is 32.2. The van der Waals surface area contributed by atoms with E-state index >= 15 is 0 Å². The van der Waals surface area contributed by atoms with Crippen molar-refractivity contribution in [2.24, 2.45) is 0 Å². The van der Waals surface area contributed by atoms with Gasteiger partial charge in [-0.2, -0.15) is 11.8 Å². The lowest BCUT2D eigenvalue weighted by Crippen LogP contribution is -2.27. The van der Waals surface area contributed by atoms with Crippen LogP contribution in [0.2, 0.25) is 0 Å². The summed E-state index contributed by atoms with van der Waals surface area (Å²) < 4.78 is 0. The Morgan fingerprint density at radius 3 is 2.47 bits per heavy atom. The third kappa shape index (κ3) is 3.35. The molecule has 94 valence electrons. The minimum atomic E-state index is 0.579. The molecule has 0 spiro atoms. The van der Waals surface area contributed by atoms with Crippen LogP contribution in [0.4, 0.5) is 5.82 Å². The molecular weight excluding hydrogens is 230 g/mol. The number of hydrogen-bond donors (Lipinski definition) is 1. The third-order valence-corrected chi connectivity index (χ3v) is 4.69. The summed E-state index contributed by atoms with van der Waals surface area (Å²) in [6.07, 6.45) is 9.20. The zero-order chi connectivity index (χ0) is 12.3. The zero-order valence-corrected chi connectivity index (χ0v) is 11.7. The highest BCUT2D eigenvalue weighted by Crippen LogP contribution is 2.28. The van der Waals surface area contributed by atoms with Crippen molar-refractivity contribution >= 4 is 17.6 Å². The molecule has 0 saturated heterocycles. The summed E-state index contributed by atoms with van der Waals surface area (Å²) in [6.45, 7) is 4.01. The largest absolute Gasteiger partial charge is 0.366 e. The first kappa shape index (κ1) is 12.7. The smallest absolute Gasteiger partial charge is 0.145 e. The standard InChI is InChI=1S/C13H21N3S/c1-9-10(2)15-13(8-14-9)16-11-4-6-12(17-3)7-5-11/h8,11-12H,4-7H2,1-3H3,(H,15,16). The van der Waals surface area contributed by atoms with Gasteiger partial charge in [0.25, 0.3) is 0 Å². The predicted molar refractivity (Wildman–Crippen MR) is 74.7 cm³/mol. The molecule has 1 heterocycles. The molecule has 1 aromatic rings. The molecule has 1 aliphatic rings. The molecule has 1 aliphatic carbocycles. The van der Waals surface area contributed by atoms with Gasteiger partial charge in [0.15, 0.2) is 0 Å². The lowest BCUT2D eigenvalue weighted by atomic mass is 9.95. The number of aromatic nitrogens is 2. The number of nitrogens with zero attached hydrogens (tertiary/aromatic N) is 2. The fourth-order valence-electron chi connectivity index (χ4n) is 2.26. The van der Waals surface area contributed by atoms with Gasteiger partial charge >= 0.3 is 0 Å². The Balaban J connectivity index is 1.91. The Morgan fingerprint density at radius 2 is 1.88 bits per heavy atom. The van der Waals surface area contributed by atoms with E-state index in [-0.39, 0.29) is 0 Å². The summed E-state index contributed by atoms with van der Waals surface area (Å²) in [5, 5.41) is 4.37. The molecule has 0 aromatic carbocycles. The number of aryl methyl sites for hydroxylation is 2. The van der Waals surface area contributed by atoms with E-state index in [1.807, 2.05) is 31.8 Å². The summed E-state index contributed by atoms with van der Waals surface area (Å²) in [6, 6.07) is 0.579. The van der Waals surface area contributed by atoms with Crippen LogP contribution in [0.25, 0.3) is 0 Å². The molecule has 17 heavy (non-hydrogen) atoms. The topological polar surface area (TPSA) is 37.8 Å². The van der Waals surface area contributed by atoms with Crippen LogP contribution in [0.1, 0.15) is 37.1 Å². The molecule has 1 fully saturated rings. The van der Waals surface area contributed by atoms with Crippen molar-refractivity contribution in [3.63, 3.8) is 0 Å². The second kappa shape index (κ2) is 5.71. The molecule has 4 heteroatoms. The molecule has 0 radical (unpaired) electrons. The van der Waals surface area contributed by atoms with Crippen LogP contribution in [-0.2, 0) is 0 Å². The molecule has 0 aliphatic heterocycles. The van der Waals surface area contributed by atoms with E-state index < -0.39 is 0 Å². The molecule has 1 saturated carbocycles. The van der Waals surface area contributed by atoms with Gasteiger partial charge in [-0.1, -0.05) is 0 Å². The lowest BCUT2D eigenvalue weighted by Gasteiger charge is -2.28. The van der Waals surface area contributed by atoms with Gasteiger partial charge in [0.05, 0.1) is 17.6 Å². The Hall–Kier alpha value is -0.770. The van der Waals surface area contributed by atoms with E-state index in [1.165, 1.54) is 25.7 Å². The maximum Gasteiger partial charge on any atom is 0.145 e. The van der Waals surface area contributed by atoms with Gasteiger partial charge in [-0.3, -0.25) is 4.98 Å².